The molecule has 1 aromatic heterocycles. The molecule has 0 unspecified atom stereocenters. The molecule has 0 radical (unpaired) electrons. The number of alkyl halides is 3. The van der Waals surface area contributed by atoms with Gasteiger partial charge in [0.1, 0.15) is 5.82 Å². The lowest BCUT2D eigenvalue weighted by molar-refractivity contribution is 0.0507. The third-order valence-electron chi connectivity index (χ3n) is 1.91. The van der Waals surface area contributed by atoms with Crippen LogP contribution in [0, 0.1) is 5.82 Å². The fraction of sp³-hybridized carbons (Fsp3) is 0.400. The van der Waals surface area contributed by atoms with Crippen LogP contribution in [0.25, 0.3) is 0 Å². The van der Waals surface area contributed by atoms with E-state index >= 15 is 0 Å². The van der Waals surface area contributed by atoms with E-state index < -0.39 is 29.5 Å². The van der Waals surface area contributed by atoms with Crippen LogP contribution in [0.15, 0.2) is 6.07 Å². The highest BCUT2D eigenvalue weighted by Crippen LogP contribution is 2.25. The highest BCUT2D eigenvalue weighted by atomic mass is 79.9. The van der Waals surface area contributed by atoms with Gasteiger partial charge in [0.25, 0.3) is 6.43 Å². The van der Waals surface area contributed by atoms with Crippen molar-refractivity contribution in [1.82, 2.24) is 4.98 Å². The van der Waals surface area contributed by atoms with E-state index in [4.69, 9.17) is 0 Å². The Morgan fingerprint density at radius 1 is 1.59 bits per heavy atom. The Balaban J connectivity index is 3.28. The topological polar surface area (TPSA) is 39.2 Å². The lowest BCUT2D eigenvalue weighted by Crippen LogP contribution is -2.13. The van der Waals surface area contributed by atoms with E-state index in [0.717, 1.165) is 0 Å². The largest absolute Gasteiger partial charge is 0.461 e. The molecule has 0 spiro atoms. The number of hydrogen-bond donors (Lipinski definition) is 0. The van der Waals surface area contributed by atoms with Crippen molar-refractivity contribution in [2.75, 3.05) is 6.61 Å². The summed E-state index contributed by atoms with van der Waals surface area (Å²) in [5.41, 5.74) is -1.42. The van der Waals surface area contributed by atoms with E-state index in [1.165, 1.54) is 6.92 Å². The molecule has 1 aromatic rings. The molecule has 0 bridgehead atoms. The Morgan fingerprint density at radius 2 is 2.24 bits per heavy atom. The lowest BCUT2D eigenvalue weighted by atomic mass is 10.1. The Morgan fingerprint density at radius 3 is 2.71 bits per heavy atom. The molecule has 0 aromatic carbocycles. The first-order valence-corrected chi connectivity index (χ1v) is 5.83. The highest BCUT2D eigenvalue weighted by molar-refractivity contribution is 9.08. The van der Waals surface area contributed by atoms with Crippen molar-refractivity contribution in [3.05, 3.63) is 28.8 Å². The summed E-state index contributed by atoms with van der Waals surface area (Å²) in [6.45, 7) is 1.57. The number of pyridine rings is 1. The van der Waals surface area contributed by atoms with Crippen molar-refractivity contribution in [1.29, 1.82) is 0 Å². The van der Waals surface area contributed by atoms with Crippen molar-refractivity contribution in [3.8, 4) is 0 Å². The first-order valence-electron chi connectivity index (χ1n) is 4.71. The average Bonchev–Trinajstić information content (AvgIpc) is 2.28. The second kappa shape index (κ2) is 6.00. The standard InChI is InChI=1S/C10H9BrF3NO2/c1-2-17-10(16)8-5(9(13)14)3-6(12)7(4-11)15-8/h3,9H,2,4H2,1H3. The molecule has 7 heteroatoms. The fourth-order valence-electron chi connectivity index (χ4n) is 1.16. The van der Waals surface area contributed by atoms with Gasteiger partial charge < -0.3 is 4.74 Å². The third-order valence-corrected chi connectivity index (χ3v) is 2.44. The number of esters is 1. The molecule has 0 saturated carbocycles. The number of halogens is 4. The lowest BCUT2D eigenvalue weighted by Gasteiger charge is -2.09. The predicted octanol–water partition coefficient (Wildman–Crippen LogP) is 3.23. The van der Waals surface area contributed by atoms with Gasteiger partial charge in [0, 0.05) is 5.33 Å². The van der Waals surface area contributed by atoms with Gasteiger partial charge in [-0.15, -0.1) is 0 Å². The summed E-state index contributed by atoms with van der Waals surface area (Å²) in [6.07, 6.45) is -2.99. The zero-order chi connectivity index (χ0) is 13.0. The van der Waals surface area contributed by atoms with E-state index in [0.29, 0.717) is 6.07 Å². The SMILES string of the molecule is CCOC(=O)c1nc(CBr)c(F)cc1C(F)F. The number of rotatable bonds is 4. The smallest absolute Gasteiger partial charge is 0.357 e. The molecule has 0 N–H and O–H groups in total. The monoisotopic (exact) mass is 311 g/mol. The summed E-state index contributed by atoms with van der Waals surface area (Å²) in [5, 5.41) is 0.0226. The molecular weight excluding hydrogens is 303 g/mol. The van der Waals surface area contributed by atoms with Gasteiger partial charge in [0.2, 0.25) is 0 Å². The summed E-state index contributed by atoms with van der Waals surface area (Å²) >= 11 is 2.95. The molecule has 0 aliphatic heterocycles. The van der Waals surface area contributed by atoms with E-state index in [1.54, 1.807) is 0 Å². The minimum Gasteiger partial charge on any atom is -0.461 e. The highest BCUT2D eigenvalue weighted by Gasteiger charge is 2.23. The van der Waals surface area contributed by atoms with Gasteiger partial charge in [0.05, 0.1) is 17.9 Å². The first kappa shape index (κ1) is 14.0. The molecule has 0 amide bonds. The van der Waals surface area contributed by atoms with Crippen LogP contribution >= 0.6 is 15.9 Å². The van der Waals surface area contributed by atoms with Gasteiger partial charge in [-0.25, -0.2) is 22.9 Å². The normalized spacial score (nSPS) is 10.7. The second-order valence-electron chi connectivity index (χ2n) is 3.01. The molecule has 3 nitrogen and oxygen atoms in total. The zero-order valence-corrected chi connectivity index (χ0v) is 10.4. The van der Waals surface area contributed by atoms with E-state index in [1.807, 2.05) is 0 Å². The summed E-state index contributed by atoms with van der Waals surface area (Å²) in [7, 11) is 0. The maximum Gasteiger partial charge on any atom is 0.357 e. The van der Waals surface area contributed by atoms with Crippen molar-refractivity contribution in [2.24, 2.45) is 0 Å². The number of nitrogens with zero attached hydrogens (tertiary/aromatic N) is 1. The van der Waals surface area contributed by atoms with Gasteiger partial charge in [-0.3, -0.25) is 0 Å². The van der Waals surface area contributed by atoms with Crippen LogP contribution in [-0.4, -0.2) is 17.6 Å². The van der Waals surface area contributed by atoms with E-state index in [9.17, 15) is 18.0 Å². The van der Waals surface area contributed by atoms with E-state index in [2.05, 4.69) is 25.7 Å². The Hall–Kier alpha value is -1.11. The number of carbonyl (C=O) groups excluding carboxylic acids is 1. The summed E-state index contributed by atoms with van der Waals surface area (Å²) in [5.74, 6) is -1.87. The van der Waals surface area contributed by atoms with Crippen LogP contribution in [0.1, 0.15) is 35.1 Å². The molecule has 0 aliphatic carbocycles. The van der Waals surface area contributed by atoms with Crippen molar-refractivity contribution >= 4 is 21.9 Å². The number of ether oxygens (including phenoxy) is 1. The van der Waals surface area contributed by atoms with Gasteiger partial charge >= 0.3 is 5.97 Å². The molecule has 0 fully saturated rings. The van der Waals surface area contributed by atoms with Gasteiger partial charge in [0.15, 0.2) is 5.69 Å². The van der Waals surface area contributed by atoms with Crippen LogP contribution in [0.5, 0.6) is 0 Å². The minimum atomic E-state index is -2.99. The van der Waals surface area contributed by atoms with Crippen molar-refractivity contribution in [3.63, 3.8) is 0 Å². The first-order chi connectivity index (χ1) is 8.01. The van der Waals surface area contributed by atoms with Crippen LogP contribution in [0.4, 0.5) is 13.2 Å². The Labute approximate surface area is 104 Å². The van der Waals surface area contributed by atoms with Crippen LogP contribution < -0.4 is 0 Å². The quantitative estimate of drug-likeness (QED) is 0.633. The minimum absolute atomic E-state index is 0.0226. The fourth-order valence-corrected chi connectivity index (χ4v) is 1.56. The predicted molar refractivity (Wildman–Crippen MR) is 57.7 cm³/mol. The maximum absolute atomic E-state index is 13.3. The van der Waals surface area contributed by atoms with Gasteiger partial charge in [-0.1, -0.05) is 15.9 Å². The zero-order valence-electron chi connectivity index (χ0n) is 8.84. The third kappa shape index (κ3) is 3.18. The molecule has 1 heterocycles. The van der Waals surface area contributed by atoms with Crippen molar-refractivity contribution in [2.45, 2.75) is 18.7 Å². The van der Waals surface area contributed by atoms with Crippen LogP contribution in [-0.2, 0) is 10.1 Å². The summed E-state index contributed by atoms with van der Waals surface area (Å²) < 4.78 is 43.1. The summed E-state index contributed by atoms with van der Waals surface area (Å²) in [4.78, 5) is 14.9. The number of aromatic nitrogens is 1. The second-order valence-corrected chi connectivity index (χ2v) is 3.57. The maximum atomic E-state index is 13.3. The number of hydrogen-bond acceptors (Lipinski definition) is 3. The van der Waals surface area contributed by atoms with Gasteiger partial charge in [-0.2, -0.15) is 0 Å². The molecule has 1 rings (SSSR count). The number of carbonyl (C=O) groups is 1. The van der Waals surface area contributed by atoms with Gasteiger partial charge in [-0.05, 0) is 13.0 Å². The molecule has 94 valence electrons. The molecule has 0 saturated heterocycles. The Bertz CT molecular complexity index is 426. The van der Waals surface area contributed by atoms with Crippen LogP contribution in [0.2, 0.25) is 0 Å². The summed E-state index contributed by atoms with van der Waals surface area (Å²) in [6, 6.07) is 0.612. The van der Waals surface area contributed by atoms with Crippen molar-refractivity contribution < 1.29 is 22.7 Å². The molecule has 0 aliphatic rings. The van der Waals surface area contributed by atoms with Crippen LogP contribution in [0.3, 0.4) is 0 Å². The molecule has 17 heavy (non-hydrogen) atoms. The molecule has 0 atom stereocenters. The van der Waals surface area contributed by atoms with E-state index in [-0.39, 0.29) is 17.6 Å². The average molecular weight is 312 g/mol. The molecular formula is C10H9BrF3NO2. The Kier molecular flexibility index (Phi) is 4.92.